The fourth-order valence-electron chi connectivity index (χ4n) is 3.01. The number of rotatable bonds is 5. The maximum Gasteiger partial charge on any atom is 0.255 e. The molecule has 0 atom stereocenters. The third-order valence-corrected chi connectivity index (χ3v) is 6.53. The molecule has 1 N–H and O–H groups in total. The summed E-state index contributed by atoms with van der Waals surface area (Å²) in [6, 6.07) is 26.6. The topological polar surface area (TPSA) is 51.2 Å². The molecule has 5 rings (SSSR count). The summed E-state index contributed by atoms with van der Waals surface area (Å²) in [6.45, 7) is 0. The van der Waals surface area contributed by atoms with Crippen molar-refractivity contribution in [3.8, 4) is 21.4 Å². The van der Waals surface area contributed by atoms with E-state index in [4.69, 9.17) is 4.74 Å². The number of ether oxygens (including phenoxy) is 1. The second-order valence-corrected chi connectivity index (χ2v) is 8.55. The number of nitrogens with zero attached hydrogens (tertiary/aromatic N) is 1. The summed E-state index contributed by atoms with van der Waals surface area (Å²) in [4.78, 5) is 18.5. The number of thiophene rings is 1. The Morgan fingerprint density at radius 2 is 1.67 bits per heavy atom. The Bertz CT molecular complexity index is 1290. The number of hydrogen-bond acceptors (Lipinski definition) is 5. The molecule has 0 saturated carbocycles. The number of carbonyl (C=O) groups is 1. The van der Waals surface area contributed by atoms with Gasteiger partial charge in [-0.15, -0.1) is 22.7 Å². The number of nitrogens with one attached hydrogen (secondary N) is 1. The summed E-state index contributed by atoms with van der Waals surface area (Å²) in [5.74, 6) is 1.33. The van der Waals surface area contributed by atoms with Gasteiger partial charge in [-0.2, -0.15) is 0 Å². The predicted octanol–water partition coefficient (Wildman–Crippen LogP) is 7.07. The molecule has 0 fully saturated rings. The number of thiazole rings is 1. The minimum atomic E-state index is -0.153. The number of hydrogen-bond donors (Lipinski definition) is 1. The minimum absolute atomic E-state index is 0.153. The third-order valence-electron chi connectivity index (χ3n) is 4.47. The maximum absolute atomic E-state index is 12.7. The molecule has 30 heavy (non-hydrogen) atoms. The van der Waals surface area contributed by atoms with Gasteiger partial charge in [0.05, 0.1) is 15.1 Å². The summed E-state index contributed by atoms with van der Waals surface area (Å²) < 4.78 is 6.78. The largest absolute Gasteiger partial charge is 0.457 e. The first kappa shape index (κ1) is 18.5. The van der Waals surface area contributed by atoms with Crippen molar-refractivity contribution >= 4 is 44.5 Å². The second kappa shape index (κ2) is 8.10. The molecule has 0 bridgehead atoms. The van der Waals surface area contributed by atoms with Crippen LogP contribution in [0.25, 0.3) is 20.1 Å². The van der Waals surface area contributed by atoms with E-state index in [-0.39, 0.29) is 5.91 Å². The number of para-hydroxylation sites is 1. The molecule has 1 amide bonds. The first-order valence-electron chi connectivity index (χ1n) is 9.33. The Balaban J connectivity index is 1.30. The molecule has 146 valence electrons. The van der Waals surface area contributed by atoms with Crippen molar-refractivity contribution in [2.24, 2.45) is 0 Å². The molecule has 0 unspecified atom stereocenters. The lowest BCUT2D eigenvalue weighted by Crippen LogP contribution is -2.11. The van der Waals surface area contributed by atoms with Gasteiger partial charge in [-0.05, 0) is 66.0 Å². The van der Waals surface area contributed by atoms with Crippen molar-refractivity contribution in [2.45, 2.75) is 0 Å². The standard InChI is InChI=1S/C24H16N2O2S2/c27-23(25-17-9-11-19(12-10-17)28-18-5-2-1-3-6-18)16-8-13-20-22(15-16)30-24(26-20)21-7-4-14-29-21/h1-15H,(H,25,27). The summed E-state index contributed by atoms with van der Waals surface area (Å²) in [5, 5.41) is 5.96. The molecule has 3 aromatic carbocycles. The molecule has 0 spiro atoms. The van der Waals surface area contributed by atoms with Crippen LogP contribution in [-0.2, 0) is 0 Å². The van der Waals surface area contributed by atoms with E-state index in [2.05, 4.69) is 16.4 Å². The molecule has 2 aromatic heterocycles. The van der Waals surface area contributed by atoms with Crippen molar-refractivity contribution in [3.63, 3.8) is 0 Å². The van der Waals surface area contributed by atoms with Crippen LogP contribution in [0.15, 0.2) is 90.3 Å². The highest BCUT2D eigenvalue weighted by Crippen LogP contribution is 2.33. The Morgan fingerprint density at radius 1 is 0.867 bits per heavy atom. The number of aromatic nitrogens is 1. The summed E-state index contributed by atoms with van der Waals surface area (Å²) in [7, 11) is 0. The van der Waals surface area contributed by atoms with E-state index < -0.39 is 0 Å². The van der Waals surface area contributed by atoms with E-state index in [1.807, 2.05) is 84.2 Å². The van der Waals surface area contributed by atoms with Crippen LogP contribution < -0.4 is 10.1 Å². The summed E-state index contributed by atoms with van der Waals surface area (Å²) >= 11 is 3.26. The second-order valence-electron chi connectivity index (χ2n) is 6.57. The molecule has 4 nitrogen and oxygen atoms in total. The van der Waals surface area contributed by atoms with Gasteiger partial charge in [0.2, 0.25) is 0 Å². The summed E-state index contributed by atoms with van der Waals surface area (Å²) in [6.07, 6.45) is 0. The summed E-state index contributed by atoms with van der Waals surface area (Å²) in [5.41, 5.74) is 2.22. The van der Waals surface area contributed by atoms with E-state index in [1.165, 1.54) is 0 Å². The highest BCUT2D eigenvalue weighted by atomic mass is 32.1. The van der Waals surface area contributed by atoms with Gasteiger partial charge in [0.1, 0.15) is 16.5 Å². The first-order valence-corrected chi connectivity index (χ1v) is 11.0. The molecule has 0 radical (unpaired) electrons. The maximum atomic E-state index is 12.7. The highest BCUT2D eigenvalue weighted by molar-refractivity contribution is 7.25. The fourth-order valence-corrected chi connectivity index (χ4v) is 4.81. The average Bonchev–Trinajstić information content (AvgIpc) is 3.45. The van der Waals surface area contributed by atoms with Crippen LogP contribution in [0.4, 0.5) is 5.69 Å². The van der Waals surface area contributed by atoms with Crippen LogP contribution in [-0.4, -0.2) is 10.9 Å². The number of carbonyl (C=O) groups excluding carboxylic acids is 1. The molecule has 5 aromatic rings. The van der Waals surface area contributed by atoms with Crippen molar-refractivity contribution < 1.29 is 9.53 Å². The van der Waals surface area contributed by atoms with Gasteiger partial charge < -0.3 is 10.1 Å². The number of anilines is 1. The zero-order valence-corrected chi connectivity index (χ0v) is 17.4. The zero-order chi connectivity index (χ0) is 20.3. The lowest BCUT2D eigenvalue weighted by atomic mass is 10.2. The molecule has 0 aliphatic heterocycles. The normalized spacial score (nSPS) is 10.8. The zero-order valence-electron chi connectivity index (χ0n) is 15.7. The van der Waals surface area contributed by atoms with Crippen molar-refractivity contribution in [3.05, 3.63) is 95.9 Å². The van der Waals surface area contributed by atoms with Crippen LogP contribution in [0, 0.1) is 0 Å². The minimum Gasteiger partial charge on any atom is -0.457 e. The first-order chi connectivity index (χ1) is 14.7. The molecule has 0 saturated heterocycles. The number of amides is 1. The van der Waals surface area contributed by atoms with Crippen LogP contribution in [0.2, 0.25) is 0 Å². The van der Waals surface area contributed by atoms with Crippen LogP contribution in [0.5, 0.6) is 11.5 Å². The molecule has 0 aliphatic rings. The van der Waals surface area contributed by atoms with Crippen LogP contribution >= 0.6 is 22.7 Å². The van der Waals surface area contributed by atoms with Gasteiger partial charge >= 0.3 is 0 Å². The SMILES string of the molecule is O=C(Nc1ccc(Oc2ccccc2)cc1)c1ccc2nc(-c3cccs3)sc2c1. The van der Waals surface area contributed by atoms with E-state index in [1.54, 1.807) is 22.7 Å². The van der Waals surface area contributed by atoms with E-state index in [0.717, 1.165) is 25.9 Å². The monoisotopic (exact) mass is 428 g/mol. The van der Waals surface area contributed by atoms with Crippen LogP contribution in [0.3, 0.4) is 0 Å². The quantitative estimate of drug-likeness (QED) is 0.326. The molecular weight excluding hydrogens is 412 g/mol. The predicted molar refractivity (Wildman–Crippen MR) is 124 cm³/mol. The molecular formula is C24H16N2O2S2. The Hall–Kier alpha value is -3.48. The van der Waals surface area contributed by atoms with Gasteiger partial charge in [-0.3, -0.25) is 4.79 Å². The fraction of sp³-hybridized carbons (Fsp3) is 0. The van der Waals surface area contributed by atoms with E-state index in [9.17, 15) is 4.79 Å². The third kappa shape index (κ3) is 3.96. The molecule has 0 aliphatic carbocycles. The highest BCUT2D eigenvalue weighted by Gasteiger charge is 2.11. The average molecular weight is 429 g/mol. The van der Waals surface area contributed by atoms with Gasteiger partial charge in [0, 0.05) is 11.3 Å². The Morgan fingerprint density at radius 3 is 2.43 bits per heavy atom. The molecule has 6 heteroatoms. The van der Waals surface area contributed by atoms with E-state index >= 15 is 0 Å². The van der Waals surface area contributed by atoms with Crippen molar-refractivity contribution in [1.82, 2.24) is 4.98 Å². The number of benzene rings is 3. The van der Waals surface area contributed by atoms with Gasteiger partial charge in [0.15, 0.2) is 0 Å². The van der Waals surface area contributed by atoms with Gasteiger partial charge in [-0.25, -0.2) is 4.98 Å². The molecule has 2 heterocycles. The smallest absolute Gasteiger partial charge is 0.255 e. The van der Waals surface area contributed by atoms with Crippen LogP contribution in [0.1, 0.15) is 10.4 Å². The Labute approximate surface area is 181 Å². The van der Waals surface area contributed by atoms with Crippen molar-refractivity contribution in [2.75, 3.05) is 5.32 Å². The van der Waals surface area contributed by atoms with E-state index in [0.29, 0.717) is 17.0 Å². The van der Waals surface area contributed by atoms with Gasteiger partial charge in [0.25, 0.3) is 5.91 Å². The lowest BCUT2D eigenvalue weighted by Gasteiger charge is -2.08. The van der Waals surface area contributed by atoms with Crippen molar-refractivity contribution in [1.29, 1.82) is 0 Å². The van der Waals surface area contributed by atoms with Gasteiger partial charge in [-0.1, -0.05) is 24.3 Å². The lowest BCUT2D eigenvalue weighted by molar-refractivity contribution is 0.102. The number of fused-ring (bicyclic) bond motifs is 1. The Kier molecular flexibility index (Phi) is 5.01.